The van der Waals surface area contributed by atoms with E-state index in [9.17, 15) is 9.18 Å². The van der Waals surface area contributed by atoms with Gasteiger partial charge < -0.3 is 4.74 Å². The summed E-state index contributed by atoms with van der Waals surface area (Å²) < 4.78 is 19.3. The molecule has 0 bridgehead atoms. The molecule has 2 rings (SSSR count). The Morgan fingerprint density at radius 1 is 1.56 bits per heavy atom. The van der Waals surface area contributed by atoms with Crippen molar-refractivity contribution in [1.82, 2.24) is 0 Å². The van der Waals surface area contributed by atoms with E-state index in [0.717, 1.165) is 10.9 Å². The molecule has 1 aromatic rings. The first-order chi connectivity index (χ1) is 7.66. The van der Waals surface area contributed by atoms with E-state index in [4.69, 9.17) is 4.74 Å². The maximum Gasteiger partial charge on any atom is 0.142 e. The SMILES string of the molecule is O=C(Cc1cc(Br)ccc1F)C1CCOC1. The standard InChI is InChI=1S/C12H12BrFO2/c13-10-1-2-11(14)9(5-10)6-12(15)8-3-4-16-7-8/h1-2,5,8H,3-4,6-7H2. The average Bonchev–Trinajstić information content (AvgIpc) is 2.76. The molecule has 1 aromatic carbocycles. The van der Waals surface area contributed by atoms with Gasteiger partial charge in [0.1, 0.15) is 11.6 Å². The summed E-state index contributed by atoms with van der Waals surface area (Å²) in [7, 11) is 0. The molecular formula is C12H12BrFO2. The number of hydrogen-bond acceptors (Lipinski definition) is 2. The van der Waals surface area contributed by atoms with Gasteiger partial charge in [0.05, 0.1) is 6.61 Å². The normalized spacial score (nSPS) is 20.0. The van der Waals surface area contributed by atoms with E-state index in [1.165, 1.54) is 6.07 Å². The van der Waals surface area contributed by atoms with Crippen molar-refractivity contribution in [2.75, 3.05) is 13.2 Å². The average molecular weight is 287 g/mol. The lowest BCUT2D eigenvalue weighted by atomic mass is 9.97. The number of hydrogen-bond donors (Lipinski definition) is 0. The molecule has 1 atom stereocenters. The summed E-state index contributed by atoms with van der Waals surface area (Å²) >= 11 is 3.27. The quantitative estimate of drug-likeness (QED) is 0.854. The highest BCUT2D eigenvalue weighted by Gasteiger charge is 2.24. The van der Waals surface area contributed by atoms with Crippen LogP contribution in [0, 0.1) is 11.7 Å². The maximum atomic E-state index is 13.4. The summed E-state index contributed by atoms with van der Waals surface area (Å²) in [6.45, 7) is 1.12. The Morgan fingerprint density at radius 3 is 3.06 bits per heavy atom. The van der Waals surface area contributed by atoms with Gasteiger partial charge >= 0.3 is 0 Å². The summed E-state index contributed by atoms with van der Waals surface area (Å²) in [6, 6.07) is 4.66. The fraction of sp³-hybridized carbons (Fsp3) is 0.417. The van der Waals surface area contributed by atoms with Gasteiger partial charge in [-0.05, 0) is 30.2 Å². The van der Waals surface area contributed by atoms with Crippen LogP contribution in [0.25, 0.3) is 0 Å². The Morgan fingerprint density at radius 2 is 2.38 bits per heavy atom. The molecule has 0 aromatic heterocycles. The minimum atomic E-state index is -0.324. The second-order valence-electron chi connectivity index (χ2n) is 3.94. The first-order valence-corrected chi connectivity index (χ1v) is 6.00. The topological polar surface area (TPSA) is 26.3 Å². The number of carbonyl (C=O) groups is 1. The third-order valence-electron chi connectivity index (χ3n) is 2.76. The fourth-order valence-electron chi connectivity index (χ4n) is 1.80. The van der Waals surface area contributed by atoms with E-state index < -0.39 is 0 Å². The van der Waals surface area contributed by atoms with Crippen molar-refractivity contribution < 1.29 is 13.9 Å². The number of Topliss-reactive ketones (excluding diaryl/α,β-unsaturated/α-hetero) is 1. The lowest BCUT2D eigenvalue weighted by molar-refractivity contribution is -0.122. The van der Waals surface area contributed by atoms with Crippen molar-refractivity contribution >= 4 is 21.7 Å². The Balaban J connectivity index is 2.07. The smallest absolute Gasteiger partial charge is 0.142 e. The predicted octanol–water partition coefficient (Wildman–Crippen LogP) is 2.74. The van der Waals surface area contributed by atoms with E-state index >= 15 is 0 Å². The molecule has 0 spiro atoms. The maximum absolute atomic E-state index is 13.4. The Bertz CT molecular complexity index is 400. The minimum absolute atomic E-state index is 0.0571. The van der Waals surface area contributed by atoms with Crippen LogP contribution >= 0.6 is 15.9 Å². The van der Waals surface area contributed by atoms with Crippen LogP contribution < -0.4 is 0 Å². The molecule has 1 saturated heterocycles. The number of halogens is 2. The second-order valence-corrected chi connectivity index (χ2v) is 4.86. The van der Waals surface area contributed by atoms with Gasteiger partial charge in [-0.2, -0.15) is 0 Å². The highest BCUT2D eigenvalue weighted by atomic mass is 79.9. The number of benzene rings is 1. The number of ether oxygens (including phenoxy) is 1. The molecule has 4 heteroatoms. The van der Waals surface area contributed by atoms with E-state index in [2.05, 4.69) is 15.9 Å². The zero-order chi connectivity index (χ0) is 11.5. The van der Waals surface area contributed by atoms with Crippen LogP contribution in [-0.4, -0.2) is 19.0 Å². The number of ketones is 1. The lowest BCUT2D eigenvalue weighted by Gasteiger charge is -2.07. The molecule has 0 amide bonds. The zero-order valence-electron chi connectivity index (χ0n) is 8.71. The molecule has 1 fully saturated rings. The summed E-state index contributed by atoms with van der Waals surface area (Å²) in [5, 5.41) is 0. The highest BCUT2D eigenvalue weighted by Crippen LogP contribution is 2.20. The van der Waals surface area contributed by atoms with Crippen LogP contribution in [0.2, 0.25) is 0 Å². The molecule has 1 unspecified atom stereocenters. The first-order valence-electron chi connectivity index (χ1n) is 5.21. The third-order valence-corrected chi connectivity index (χ3v) is 3.25. The first kappa shape index (κ1) is 11.7. The summed E-state index contributed by atoms with van der Waals surface area (Å²) in [5.74, 6) is -0.316. The molecule has 2 nitrogen and oxygen atoms in total. The number of carbonyl (C=O) groups excluding carboxylic acids is 1. The van der Waals surface area contributed by atoms with Crippen molar-refractivity contribution in [2.45, 2.75) is 12.8 Å². The van der Waals surface area contributed by atoms with Gasteiger partial charge in [0.25, 0.3) is 0 Å². The molecule has 0 saturated carbocycles. The van der Waals surface area contributed by atoms with E-state index in [1.807, 2.05) is 0 Å². The third kappa shape index (κ3) is 2.68. The largest absolute Gasteiger partial charge is 0.381 e. The molecular weight excluding hydrogens is 275 g/mol. The van der Waals surface area contributed by atoms with Gasteiger partial charge in [0, 0.05) is 23.4 Å². The Labute approximate surface area is 102 Å². The van der Waals surface area contributed by atoms with Crippen LogP contribution in [0.5, 0.6) is 0 Å². The van der Waals surface area contributed by atoms with Crippen molar-refractivity contribution in [3.8, 4) is 0 Å². The van der Waals surface area contributed by atoms with Crippen molar-refractivity contribution in [1.29, 1.82) is 0 Å². The van der Waals surface area contributed by atoms with Crippen LogP contribution in [0.1, 0.15) is 12.0 Å². The van der Waals surface area contributed by atoms with Gasteiger partial charge in [0.15, 0.2) is 0 Å². The molecule has 0 N–H and O–H groups in total. The monoisotopic (exact) mass is 286 g/mol. The van der Waals surface area contributed by atoms with Crippen molar-refractivity contribution in [2.24, 2.45) is 5.92 Å². The van der Waals surface area contributed by atoms with Crippen LogP contribution in [0.15, 0.2) is 22.7 Å². The van der Waals surface area contributed by atoms with E-state index in [0.29, 0.717) is 18.8 Å². The van der Waals surface area contributed by atoms with Crippen LogP contribution in [-0.2, 0) is 16.0 Å². The summed E-state index contributed by atoms with van der Waals surface area (Å²) in [6.07, 6.45) is 0.910. The summed E-state index contributed by atoms with van der Waals surface area (Å²) in [5.41, 5.74) is 0.450. The molecule has 0 aliphatic carbocycles. The van der Waals surface area contributed by atoms with Crippen molar-refractivity contribution in [3.63, 3.8) is 0 Å². The van der Waals surface area contributed by atoms with Gasteiger partial charge in [0.2, 0.25) is 0 Å². The van der Waals surface area contributed by atoms with E-state index in [-0.39, 0.29) is 23.9 Å². The molecule has 0 radical (unpaired) electrons. The molecule has 1 heterocycles. The van der Waals surface area contributed by atoms with Crippen molar-refractivity contribution in [3.05, 3.63) is 34.1 Å². The molecule has 1 aliphatic heterocycles. The van der Waals surface area contributed by atoms with Gasteiger partial charge in [-0.1, -0.05) is 15.9 Å². The van der Waals surface area contributed by atoms with Gasteiger partial charge in [-0.15, -0.1) is 0 Å². The highest BCUT2D eigenvalue weighted by molar-refractivity contribution is 9.10. The van der Waals surface area contributed by atoms with Crippen LogP contribution in [0.4, 0.5) is 4.39 Å². The molecule has 16 heavy (non-hydrogen) atoms. The van der Waals surface area contributed by atoms with Gasteiger partial charge in [-0.25, -0.2) is 4.39 Å². The van der Waals surface area contributed by atoms with Crippen LogP contribution in [0.3, 0.4) is 0 Å². The second kappa shape index (κ2) is 5.06. The Kier molecular flexibility index (Phi) is 3.71. The van der Waals surface area contributed by atoms with E-state index in [1.54, 1.807) is 12.1 Å². The van der Waals surface area contributed by atoms with Gasteiger partial charge in [-0.3, -0.25) is 4.79 Å². The fourth-order valence-corrected chi connectivity index (χ4v) is 2.21. The number of rotatable bonds is 3. The minimum Gasteiger partial charge on any atom is -0.381 e. The molecule has 1 aliphatic rings. The Hall–Kier alpha value is -0.740. The molecule has 86 valence electrons. The zero-order valence-corrected chi connectivity index (χ0v) is 10.3. The summed E-state index contributed by atoms with van der Waals surface area (Å²) in [4.78, 5) is 11.8. The predicted molar refractivity (Wildman–Crippen MR) is 61.7 cm³/mol. The lowest BCUT2D eigenvalue weighted by Crippen LogP contribution is -2.17.